The van der Waals surface area contributed by atoms with Crippen LogP contribution < -0.4 is 0 Å². The summed E-state index contributed by atoms with van der Waals surface area (Å²) in [4.78, 5) is 17.2. The van der Waals surface area contributed by atoms with E-state index in [-0.39, 0.29) is 5.97 Å². The minimum atomic E-state index is -0.260. The molecule has 3 heteroatoms. The molecular weight excluding hydrogens is 346 g/mol. The van der Waals surface area contributed by atoms with Gasteiger partial charge in [0.05, 0.1) is 0 Å². The fourth-order valence-electron chi connectivity index (χ4n) is 3.52. The van der Waals surface area contributed by atoms with Crippen LogP contribution in [0, 0.1) is 0 Å². The highest BCUT2D eigenvalue weighted by atomic mass is 16.7. The molecule has 0 unspecified atom stereocenters. The van der Waals surface area contributed by atoms with Crippen molar-refractivity contribution in [3.8, 4) is 0 Å². The van der Waals surface area contributed by atoms with Crippen LogP contribution in [0.15, 0.2) is 12.2 Å². The quantitative estimate of drug-likeness (QED) is 0.112. The molecule has 0 radical (unpaired) electrons. The SMILES string of the molecule is C=C(CCCCCCCCCCCCCCCCCC)C(=O)ON(CC)CC. The van der Waals surface area contributed by atoms with E-state index in [4.69, 9.17) is 4.84 Å². The number of carbonyl (C=O) groups excluding carboxylic acids is 1. The van der Waals surface area contributed by atoms with E-state index >= 15 is 0 Å². The molecule has 3 nitrogen and oxygen atoms in total. The molecule has 0 atom stereocenters. The second kappa shape index (κ2) is 20.9. The Labute approximate surface area is 176 Å². The Morgan fingerprint density at radius 2 is 1.00 bits per heavy atom. The highest BCUT2D eigenvalue weighted by Gasteiger charge is 2.12. The van der Waals surface area contributed by atoms with Crippen LogP contribution in [0.25, 0.3) is 0 Å². The molecule has 0 amide bonds. The van der Waals surface area contributed by atoms with E-state index in [1.807, 2.05) is 13.8 Å². The molecule has 0 aromatic rings. The van der Waals surface area contributed by atoms with Crippen LogP contribution in [0.5, 0.6) is 0 Å². The highest BCUT2D eigenvalue weighted by Crippen LogP contribution is 2.15. The van der Waals surface area contributed by atoms with Gasteiger partial charge in [-0.1, -0.05) is 110 Å². The number of hydrogen-bond acceptors (Lipinski definition) is 3. The third-order valence-electron chi connectivity index (χ3n) is 5.54. The smallest absolute Gasteiger partial charge is 0.352 e. The van der Waals surface area contributed by atoms with Gasteiger partial charge in [-0.3, -0.25) is 0 Å². The zero-order chi connectivity index (χ0) is 20.9. The molecule has 0 saturated heterocycles. The lowest BCUT2D eigenvalue weighted by Gasteiger charge is -2.17. The summed E-state index contributed by atoms with van der Waals surface area (Å²) >= 11 is 0. The van der Waals surface area contributed by atoms with Crippen LogP contribution in [0.1, 0.15) is 130 Å². The molecule has 166 valence electrons. The molecule has 0 aromatic carbocycles. The second-order valence-corrected chi connectivity index (χ2v) is 8.15. The minimum Gasteiger partial charge on any atom is -0.364 e. The first-order valence-corrected chi connectivity index (χ1v) is 12.3. The fraction of sp³-hybridized carbons (Fsp3) is 0.880. The Balaban J connectivity index is 3.31. The Morgan fingerprint density at radius 3 is 1.36 bits per heavy atom. The fourth-order valence-corrected chi connectivity index (χ4v) is 3.52. The lowest BCUT2D eigenvalue weighted by Crippen LogP contribution is -2.27. The monoisotopic (exact) mass is 395 g/mol. The molecule has 0 N–H and O–H groups in total. The maximum atomic E-state index is 11.9. The maximum absolute atomic E-state index is 11.9. The predicted molar refractivity (Wildman–Crippen MR) is 122 cm³/mol. The van der Waals surface area contributed by atoms with Gasteiger partial charge >= 0.3 is 5.97 Å². The molecular formula is C25H49NO2. The summed E-state index contributed by atoms with van der Waals surface area (Å²) in [6.45, 7) is 11.6. The Bertz CT molecular complexity index is 364. The third-order valence-corrected chi connectivity index (χ3v) is 5.54. The summed E-state index contributed by atoms with van der Waals surface area (Å²) < 4.78 is 0. The molecule has 28 heavy (non-hydrogen) atoms. The lowest BCUT2D eigenvalue weighted by atomic mass is 10.0. The van der Waals surface area contributed by atoms with E-state index in [9.17, 15) is 4.79 Å². The normalized spacial score (nSPS) is 11.1. The Morgan fingerprint density at radius 1 is 0.643 bits per heavy atom. The van der Waals surface area contributed by atoms with E-state index < -0.39 is 0 Å². The molecule has 0 rings (SSSR count). The van der Waals surface area contributed by atoms with Gasteiger partial charge in [0.1, 0.15) is 0 Å². The van der Waals surface area contributed by atoms with E-state index in [0.29, 0.717) is 18.7 Å². The lowest BCUT2D eigenvalue weighted by molar-refractivity contribution is -0.183. The van der Waals surface area contributed by atoms with Crippen molar-refractivity contribution >= 4 is 5.97 Å². The molecule has 0 saturated carbocycles. The summed E-state index contributed by atoms with van der Waals surface area (Å²) in [5, 5.41) is 1.67. The molecule has 0 fully saturated rings. The third kappa shape index (κ3) is 17.3. The van der Waals surface area contributed by atoms with Crippen molar-refractivity contribution in [2.24, 2.45) is 0 Å². The first kappa shape index (κ1) is 27.2. The van der Waals surface area contributed by atoms with Crippen molar-refractivity contribution in [3.63, 3.8) is 0 Å². The van der Waals surface area contributed by atoms with Gasteiger partial charge in [0.25, 0.3) is 0 Å². The first-order valence-electron chi connectivity index (χ1n) is 12.3. The standard InChI is InChI=1S/C25H49NO2/c1-5-8-9-10-11-12-13-14-15-16-17-18-19-20-21-22-23-24(4)25(27)28-26(6-2)7-3/h4-23H2,1-3H3. The topological polar surface area (TPSA) is 29.5 Å². The van der Waals surface area contributed by atoms with Crippen LogP contribution in [0.4, 0.5) is 0 Å². The van der Waals surface area contributed by atoms with E-state index in [1.54, 1.807) is 5.06 Å². The molecule has 0 spiro atoms. The van der Waals surface area contributed by atoms with Gasteiger partial charge in [-0.2, -0.15) is 0 Å². The largest absolute Gasteiger partial charge is 0.364 e. The van der Waals surface area contributed by atoms with Crippen molar-refractivity contribution < 1.29 is 9.63 Å². The predicted octanol–water partition coefficient (Wildman–Crippen LogP) is 7.99. The van der Waals surface area contributed by atoms with Crippen LogP contribution in [0.3, 0.4) is 0 Å². The number of rotatable bonds is 21. The zero-order valence-corrected chi connectivity index (χ0v) is 19.4. The highest BCUT2D eigenvalue weighted by molar-refractivity contribution is 5.87. The molecule has 0 heterocycles. The minimum absolute atomic E-state index is 0.260. The van der Waals surface area contributed by atoms with Gasteiger partial charge in [0, 0.05) is 18.7 Å². The van der Waals surface area contributed by atoms with Crippen LogP contribution in [-0.4, -0.2) is 24.1 Å². The van der Waals surface area contributed by atoms with Crippen molar-refractivity contribution in [3.05, 3.63) is 12.2 Å². The Hall–Kier alpha value is -0.830. The summed E-state index contributed by atoms with van der Waals surface area (Å²) in [5.41, 5.74) is 0.609. The van der Waals surface area contributed by atoms with Crippen LogP contribution >= 0.6 is 0 Å². The summed E-state index contributed by atoms with van der Waals surface area (Å²) in [7, 11) is 0. The number of carbonyl (C=O) groups is 1. The van der Waals surface area contributed by atoms with Gasteiger partial charge in [-0.15, -0.1) is 5.06 Å². The first-order chi connectivity index (χ1) is 13.7. The van der Waals surface area contributed by atoms with Crippen LogP contribution in [0.2, 0.25) is 0 Å². The van der Waals surface area contributed by atoms with E-state index in [0.717, 1.165) is 12.8 Å². The van der Waals surface area contributed by atoms with Gasteiger partial charge in [0.15, 0.2) is 0 Å². The summed E-state index contributed by atoms with van der Waals surface area (Å²) in [6, 6.07) is 0. The average molecular weight is 396 g/mol. The van der Waals surface area contributed by atoms with Gasteiger partial charge in [-0.05, 0) is 26.7 Å². The van der Waals surface area contributed by atoms with Crippen molar-refractivity contribution in [2.75, 3.05) is 13.1 Å². The molecule has 0 aliphatic carbocycles. The zero-order valence-electron chi connectivity index (χ0n) is 19.4. The van der Waals surface area contributed by atoms with Crippen molar-refractivity contribution in [1.29, 1.82) is 0 Å². The molecule has 0 aliphatic heterocycles. The number of hydrogen-bond donors (Lipinski definition) is 0. The summed E-state index contributed by atoms with van der Waals surface area (Å²) in [5.74, 6) is -0.260. The molecule has 0 aromatic heterocycles. The summed E-state index contributed by atoms with van der Waals surface area (Å²) in [6.07, 6.45) is 22.6. The van der Waals surface area contributed by atoms with Gasteiger partial charge in [0.2, 0.25) is 0 Å². The van der Waals surface area contributed by atoms with Crippen molar-refractivity contribution in [2.45, 2.75) is 130 Å². The second-order valence-electron chi connectivity index (χ2n) is 8.15. The number of nitrogens with zero attached hydrogens (tertiary/aromatic N) is 1. The number of unbranched alkanes of at least 4 members (excludes halogenated alkanes) is 15. The van der Waals surface area contributed by atoms with Gasteiger partial charge < -0.3 is 4.84 Å². The molecule has 0 bridgehead atoms. The maximum Gasteiger partial charge on any atom is 0.352 e. The molecule has 0 aliphatic rings. The average Bonchev–Trinajstić information content (AvgIpc) is 2.71. The van der Waals surface area contributed by atoms with E-state index in [2.05, 4.69) is 13.5 Å². The number of hydroxylamine groups is 2. The van der Waals surface area contributed by atoms with E-state index in [1.165, 1.54) is 96.3 Å². The van der Waals surface area contributed by atoms with Crippen molar-refractivity contribution in [1.82, 2.24) is 5.06 Å². The van der Waals surface area contributed by atoms with Crippen LogP contribution in [-0.2, 0) is 9.63 Å². The van der Waals surface area contributed by atoms with Gasteiger partial charge in [-0.25, -0.2) is 4.79 Å². The Kier molecular flexibility index (Phi) is 20.3.